The summed E-state index contributed by atoms with van der Waals surface area (Å²) in [4.78, 5) is 33.5. The number of rotatable bonds is 5. The zero-order chi connectivity index (χ0) is 29.1. The molecule has 0 unspecified atom stereocenters. The number of aliphatic hydroxyl groups excluding tert-OH is 1. The summed E-state index contributed by atoms with van der Waals surface area (Å²) in [6.07, 6.45) is 0.745. The van der Waals surface area contributed by atoms with Crippen LogP contribution < -0.4 is 14.4 Å². The molecule has 1 amide bonds. The highest BCUT2D eigenvalue weighted by atomic mass is 32.1. The third-order valence-corrected chi connectivity index (χ3v) is 8.59. The predicted octanol–water partition coefficient (Wildman–Crippen LogP) is 6.94. The smallest absolute Gasteiger partial charge is 0.301 e. The van der Waals surface area contributed by atoms with Crippen LogP contribution in [0.4, 0.5) is 5.13 Å². The van der Waals surface area contributed by atoms with E-state index in [2.05, 4.69) is 20.8 Å². The molecule has 1 fully saturated rings. The molecule has 0 bridgehead atoms. The summed E-state index contributed by atoms with van der Waals surface area (Å²) in [7, 11) is 0. The Bertz CT molecular complexity index is 1710. The maximum atomic E-state index is 13.7. The maximum absolute atomic E-state index is 13.7. The molecule has 3 heterocycles. The lowest BCUT2D eigenvalue weighted by Gasteiger charge is -2.24. The molecule has 6 rings (SSSR count). The molecule has 4 aromatic rings. The molecule has 2 aliphatic heterocycles. The van der Waals surface area contributed by atoms with Gasteiger partial charge in [-0.3, -0.25) is 14.5 Å². The van der Waals surface area contributed by atoms with Crippen LogP contribution >= 0.6 is 11.3 Å². The van der Waals surface area contributed by atoms with Gasteiger partial charge in [0.25, 0.3) is 5.78 Å². The number of fused-ring (bicyclic) bond motifs is 2. The molecule has 0 radical (unpaired) electrons. The summed E-state index contributed by atoms with van der Waals surface area (Å²) in [6.45, 7) is 10.8. The van der Waals surface area contributed by atoms with Crippen LogP contribution in [0, 0.1) is 0 Å². The van der Waals surface area contributed by atoms with Crippen LogP contribution in [0.3, 0.4) is 0 Å². The third-order valence-electron chi connectivity index (χ3n) is 7.57. The van der Waals surface area contributed by atoms with E-state index in [-0.39, 0.29) is 22.9 Å². The molecule has 1 saturated heterocycles. The van der Waals surface area contributed by atoms with Crippen molar-refractivity contribution in [3.05, 3.63) is 88.5 Å². The van der Waals surface area contributed by atoms with Crippen molar-refractivity contribution >= 4 is 44.1 Å². The second kappa shape index (κ2) is 10.0. The maximum Gasteiger partial charge on any atom is 0.301 e. The topological polar surface area (TPSA) is 89.0 Å². The van der Waals surface area contributed by atoms with Gasteiger partial charge in [0, 0.05) is 12.0 Å². The molecule has 41 heavy (non-hydrogen) atoms. The summed E-state index contributed by atoms with van der Waals surface area (Å²) in [5.74, 6) is -0.200. The number of carbonyl (C=O) groups excluding carboxylic acids is 2. The zero-order valence-corrected chi connectivity index (χ0v) is 24.5. The van der Waals surface area contributed by atoms with Crippen molar-refractivity contribution in [1.82, 2.24) is 4.98 Å². The van der Waals surface area contributed by atoms with Crippen molar-refractivity contribution in [2.24, 2.45) is 0 Å². The largest absolute Gasteiger partial charge is 0.507 e. The first-order valence-corrected chi connectivity index (χ1v) is 14.6. The van der Waals surface area contributed by atoms with Crippen molar-refractivity contribution in [3.8, 4) is 11.5 Å². The van der Waals surface area contributed by atoms with E-state index >= 15 is 0 Å². The Labute approximate surface area is 243 Å². The first-order chi connectivity index (χ1) is 19.5. The molecule has 8 heteroatoms. The van der Waals surface area contributed by atoms with Crippen molar-refractivity contribution in [1.29, 1.82) is 0 Å². The lowest BCUT2D eigenvalue weighted by atomic mass is 9.85. The van der Waals surface area contributed by atoms with Crippen LogP contribution in [-0.2, 0) is 21.4 Å². The van der Waals surface area contributed by atoms with Gasteiger partial charge in [0.1, 0.15) is 23.4 Å². The normalized spacial score (nSPS) is 20.0. The van der Waals surface area contributed by atoms with E-state index in [1.54, 1.807) is 12.1 Å². The molecule has 0 saturated carbocycles. The number of benzene rings is 3. The molecule has 0 aliphatic carbocycles. The van der Waals surface area contributed by atoms with Crippen molar-refractivity contribution in [2.75, 3.05) is 11.5 Å². The Hall–Kier alpha value is -4.17. The van der Waals surface area contributed by atoms with Crippen LogP contribution in [0.5, 0.6) is 11.5 Å². The molecular weight excluding hydrogens is 536 g/mol. The molecular formula is C33H32N2O5S. The summed E-state index contributed by atoms with van der Waals surface area (Å²) in [5.41, 5.74) is 3.93. The first-order valence-electron chi connectivity index (χ1n) is 13.8. The van der Waals surface area contributed by atoms with Gasteiger partial charge >= 0.3 is 5.91 Å². The second-order valence-corrected chi connectivity index (χ2v) is 12.6. The minimum Gasteiger partial charge on any atom is -0.507 e. The van der Waals surface area contributed by atoms with Crippen LogP contribution in [0.1, 0.15) is 62.9 Å². The molecule has 0 spiro atoms. The summed E-state index contributed by atoms with van der Waals surface area (Å²) in [6, 6.07) is 18.0. The van der Waals surface area contributed by atoms with E-state index < -0.39 is 17.7 Å². The Morgan fingerprint density at radius 3 is 2.56 bits per heavy atom. The Kier molecular flexibility index (Phi) is 6.61. The molecule has 210 valence electrons. The predicted molar refractivity (Wildman–Crippen MR) is 161 cm³/mol. The van der Waals surface area contributed by atoms with Crippen molar-refractivity contribution in [3.63, 3.8) is 0 Å². The van der Waals surface area contributed by atoms with E-state index in [0.29, 0.717) is 40.6 Å². The number of aromatic nitrogens is 1. The second-order valence-electron chi connectivity index (χ2n) is 11.6. The van der Waals surface area contributed by atoms with Gasteiger partial charge in [-0.1, -0.05) is 56.4 Å². The molecule has 1 N–H and O–H groups in total. The van der Waals surface area contributed by atoms with E-state index in [1.165, 1.54) is 16.2 Å². The van der Waals surface area contributed by atoms with E-state index in [1.807, 2.05) is 62.4 Å². The Morgan fingerprint density at radius 2 is 1.85 bits per heavy atom. The Morgan fingerprint density at radius 1 is 1.10 bits per heavy atom. The van der Waals surface area contributed by atoms with E-state index in [9.17, 15) is 14.7 Å². The highest BCUT2D eigenvalue weighted by Gasteiger charge is 2.48. The fraction of sp³-hybridized carbons (Fsp3) is 0.303. The minimum absolute atomic E-state index is 0.0385. The fourth-order valence-electron chi connectivity index (χ4n) is 5.49. The molecule has 7 nitrogen and oxygen atoms in total. The van der Waals surface area contributed by atoms with Gasteiger partial charge in [0.05, 0.1) is 28.4 Å². The standard InChI is InChI=1S/C33H32N2O5S/c1-6-39-23-12-13-24-26(17-23)41-32(34-24)35-28(19-7-10-22(11-8-19)33(3,4)5)27(30(37)31(35)38)29(36)20-9-14-25-21(16-20)15-18(2)40-25/h7-14,16-18,28,36H,6,15H2,1-5H3/b29-27+/t18-,28-/m1/s1. The molecule has 2 atom stereocenters. The number of anilines is 1. The minimum atomic E-state index is -0.848. The Balaban J connectivity index is 1.51. The number of carbonyl (C=O) groups is 2. The SMILES string of the molecule is CCOc1ccc2nc(N3C(=O)C(=O)/C(=C(/O)c4ccc5c(c4)C[C@@H](C)O5)[C@H]3c3ccc(C(C)(C)C)cc3)sc2c1. The summed E-state index contributed by atoms with van der Waals surface area (Å²) in [5, 5.41) is 12.0. The molecule has 2 aliphatic rings. The molecule has 1 aromatic heterocycles. The van der Waals surface area contributed by atoms with Crippen molar-refractivity contribution in [2.45, 2.75) is 58.6 Å². The van der Waals surface area contributed by atoms with Crippen LogP contribution in [0.2, 0.25) is 0 Å². The number of thiazole rings is 1. The van der Waals surface area contributed by atoms with Crippen LogP contribution in [0.15, 0.2) is 66.2 Å². The van der Waals surface area contributed by atoms with Gasteiger partial charge in [-0.25, -0.2) is 4.98 Å². The van der Waals surface area contributed by atoms with Gasteiger partial charge in [0.15, 0.2) is 5.13 Å². The first kappa shape index (κ1) is 27.0. The average molecular weight is 569 g/mol. The van der Waals surface area contributed by atoms with Gasteiger partial charge in [-0.2, -0.15) is 0 Å². The highest BCUT2D eigenvalue weighted by Crippen LogP contribution is 2.45. The van der Waals surface area contributed by atoms with Crippen LogP contribution in [0.25, 0.3) is 16.0 Å². The number of ketones is 1. The number of hydrogen-bond acceptors (Lipinski definition) is 7. The monoisotopic (exact) mass is 568 g/mol. The summed E-state index contributed by atoms with van der Waals surface area (Å²) >= 11 is 1.31. The van der Waals surface area contributed by atoms with Crippen molar-refractivity contribution < 1.29 is 24.2 Å². The van der Waals surface area contributed by atoms with Gasteiger partial charge in [-0.15, -0.1) is 0 Å². The zero-order valence-electron chi connectivity index (χ0n) is 23.7. The lowest BCUT2D eigenvalue weighted by Crippen LogP contribution is -2.29. The highest BCUT2D eigenvalue weighted by molar-refractivity contribution is 7.22. The number of amides is 1. The number of ether oxygens (including phenoxy) is 2. The number of nitrogens with zero attached hydrogens (tertiary/aromatic N) is 2. The number of hydrogen-bond donors (Lipinski definition) is 1. The lowest BCUT2D eigenvalue weighted by molar-refractivity contribution is -0.132. The van der Waals surface area contributed by atoms with E-state index in [0.717, 1.165) is 21.6 Å². The molecule has 3 aromatic carbocycles. The number of Topliss-reactive ketones (excluding diaryl/α,β-unsaturated/α-hetero) is 1. The average Bonchev–Trinajstić information content (AvgIpc) is 3.60. The van der Waals surface area contributed by atoms with E-state index in [4.69, 9.17) is 14.5 Å². The number of aliphatic hydroxyl groups is 1. The van der Waals surface area contributed by atoms with Gasteiger partial charge in [0.2, 0.25) is 0 Å². The van der Waals surface area contributed by atoms with Crippen LogP contribution in [-0.4, -0.2) is 34.5 Å². The summed E-state index contributed by atoms with van der Waals surface area (Å²) < 4.78 is 12.3. The van der Waals surface area contributed by atoms with Gasteiger partial charge in [-0.05, 0) is 72.4 Å². The third kappa shape index (κ3) is 4.76. The van der Waals surface area contributed by atoms with Gasteiger partial charge < -0.3 is 14.6 Å². The quantitative estimate of drug-likeness (QED) is 0.159. The fourth-order valence-corrected chi connectivity index (χ4v) is 6.51.